The molecule has 0 unspecified atom stereocenters. The third kappa shape index (κ3) is 5.96. The maximum absolute atomic E-state index is 11.5. The largest absolute Gasteiger partial charge is 0.497 e. The number of anilines is 1. The van der Waals surface area contributed by atoms with Crippen molar-refractivity contribution in [3.63, 3.8) is 0 Å². The van der Waals surface area contributed by atoms with E-state index in [9.17, 15) is 4.79 Å². The van der Waals surface area contributed by atoms with Gasteiger partial charge in [-0.1, -0.05) is 13.8 Å². The summed E-state index contributed by atoms with van der Waals surface area (Å²) in [5, 5.41) is 10.1. The van der Waals surface area contributed by atoms with Gasteiger partial charge >= 0.3 is 0 Å². The number of aromatic nitrogens is 3. The molecule has 1 fully saturated rings. The third-order valence-corrected chi connectivity index (χ3v) is 7.20. The summed E-state index contributed by atoms with van der Waals surface area (Å²) >= 11 is 0. The molecule has 1 aromatic carbocycles. The van der Waals surface area contributed by atoms with Crippen molar-refractivity contribution in [2.45, 2.75) is 46.1 Å². The standard InChI is InChI=1S/C27H38N6O3/c1-4-11-33-19-21(24-7-6-23(36-3)15-25(24)33)10-12-31(5-2)18-20-8-13-32(14-9-20)27-28-16-22(17-29-27)26(34)30-35/h6-7,15-17,19-20,35H,4-5,8-14,18H2,1-3H3,(H,30,34). The van der Waals surface area contributed by atoms with E-state index in [-0.39, 0.29) is 5.56 Å². The fourth-order valence-corrected chi connectivity index (χ4v) is 5.10. The number of aryl methyl sites for hydroxylation is 1. The lowest BCUT2D eigenvalue weighted by Gasteiger charge is -2.34. The van der Waals surface area contributed by atoms with E-state index in [4.69, 9.17) is 9.94 Å². The van der Waals surface area contributed by atoms with E-state index < -0.39 is 5.91 Å². The average Bonchev–Trinajstić information content (AvgIpc) is 3.27. The fraction of sp³-hybridized carbons (Fsp3) is 0.519. The SMILES string of the molecule is CCCn1cc(CCN(CC)CC2CCN(c3ncc(C(=O)NO)cn3)CC2)c2ccc(OC)cc21. The number of hydrogen-bond acceptors (Lipinski definition) is 7. The zero-order valence-electron chi connectivity index (χ0n) is 21.6. The lowest BCUT2D eigenvalue weighted by atomic mass is 9.96. The Labute approximate surface area is 213 Å². The molecule has 0 spiro atoms. The van der Waals surface area contributed by atoms with Crippen molar-refractivity contribution in [3.05, 3.63) is 47.9 Å². The highest BCUT2D eigenvalue weighted by Crippen LogP contribution is 2.27. The number of nitrogens with one attached hydrogen (secondary N) is 1. The molecule has 3 aromatic rings. The van der Waals surface area contributed by atoms with Gasteiger partial charge in [-0.05, 0) is 55.8 Å². The number of fused-ring (bicyclic) bond motifs is 1. The number of benzene rings is 1. The van der Waals surface area contributed by atoms with Crippen molar-refractivity contribution >= 4 is 22.8 Å². The number of rotatable bonds is 11. The second-order valence-electron chi connectivity index (χ2n) is 9.52. The Balaban J connectivity index is 1.32. The molecule has 0 aliphatic carbocycles. The van der Waals surface area contributed by atoms with Gasteiger partial charge in [-0.15, -0.1) is 0 Å². The maximum Gasteiger partial charge on any atom is 0.277 e. The number of hydrogen-bond donors (Lipinski definition) is 2. The van der Waals surface area contributed by atoms with Gasteiger partial charge in [0.1, 0.15) is 5.75 Å². The third-order valence-electron chi connectivity index (χ3n) is 7.20. The summed E-state index contributed by atoms with van der Waals surface area (Å²) in [5.74, 6) is 1.58. The van der Waals surface area contributed by atoms with Gasteiger partial charge in [0.05, 0.1) is 18.2 Å². The molecule has 1 aliphatic rings. The molecule has 36 heavy (non-hydrogen) atoms. The molecule has 4 rings (SSSR count). The van der Waals surface area contributed by atoms with Crippen LogP contribution in [0, 0.1) is 5.92 Å². The van der Waals surface area contributed by atoms with Crippen LogP contribution in [0.15, 0.2) is 36.8 Å². The average molecular weight is 495 g/mol. The molecule has 3 heterocycles. The van der Waals surface area contributed by atoms with Gasteiger partial charge in [0.2, 0.25) is 5.95 Å². The molecular weight excluding hydrogens is 456 g/mol. The van der Waals surface area contributed by atoms with Gasteiger partial charge < -0.3 is 19.1 Å². The number of nitrogens with zero attached hydrogens (tertiary/aromatic N) is 5. The van der Waals surface area contributed by atoms with Crippen LogP contribution in [0.5, 0.6) is 5.75 Å². The Bertz CT molecular complexity index is 1140. The van der Waals surface area contributed by atoms with Crippen LogP contribution in [-0.2, 0) is 13.0 Å². The predicted octanol–water partition coefficient (Wildman–Crippen LogP) is 3.75. The number of methoxy groups -OCH3 is 1. The summed E-state index contributed by atoms with van der Waals surface area (Å²) < 4.78 is 7.83. The van der Waals surface area contributed by atoms with E-state index in [0.717, 1.165) is 70.7 Å². The van der Waals surface area contributed by atoms with Gasteiger partial charge in [-0.3, -0.25) is 10.0 Å². The van der Waals surface area contributed by atoms with E-state index >= 15 is 0 Å². The van der Waals surface area contributed by atoms with Crippen molar-refractivity contribution in [1.82, 2.24) is 24.9 Å². The molecule has 2 N–H and O–H groups in total. The van der Waals surface area contributed by atoms with Gasteiger partial charge in [-0.2, -0.15) is 0 Å². The molecule has 1 aliphatic heterocycles. The first-order chi connectivity index (χ1) is 17.6. The van der Waals surface area contributed by atoms with Crippen molar-refractivity contribution in [1.29, 1.82) is 0 Å². The van der Waals surface area contributed by atoms with Crippen LogP contribution >= 0.6 is 0 Å². The highest BCUT2D eigenvalue weighted by Gasteiger charge is 2.23. The van der Waals surface area contributed by atoms with Gasteiger partial charge in [-0.25, -0.2) is 15.4 Å². The number of hydroxylamine groups is 1. The van der Waals surface area contributed by atoms with E-state index in [1.807, 2.05) is 0 Å². The fourth-order valence-electron chi connectivity index (χ4n) is 5.10. The zero-order valence-corrected chi connectivity index (χ0v) is 21.6. The van der Waals surface area contributed by atoms with Crippen LogP contribution in [0.2, 0.25) is 0 Å². The predicted molar refractivity (Wildman–Crippen MR) is 141 cm³/mol. The Morgan fingerprint density at radius 1 is 1.22 bits per heavy atom. The number of piperidine rings is 1. The van der Waals surface area contributed by atoms with Crippen LogP contribution in [-0.4, -0.2) is 70.4 Å². The van der Waals surface area contributed by atoms with Crippen molar-refractivity contribution in [2.24, 2.45) is 5.92 Å². The molecule has 194 valence electrons. The minimum absolute atomic E-state index is 0.242. The normalized spacial score (nSPS) is 14.5. The molecule has 1 saturated heterocycles. The van der Waals surface area contributed by atoms with Crippen LogP contribution in [0.4, 0.5) is 5.95 Å². The molecule has 2 aromatic heterocycles. The van der Waals surface area contributed by atoms with Crippen LogP contribution in [0.3, 0.4) is 0 Å². The second kappa shape index (κ2) is 12.2. The molecule has 0 saturated carbocycles. The number of likely N-dealkylation sites (N-methyl/N-ethyl adjacent to an activating group) is 1. The smallest absolute Gasteiger partial charge is 0.277 e. The molecule has 9 heteroatoms. The first kappa shape index (κ1) is 25.9. The minimum atomic E-state index is -0.602. The number of amides is 1. The van der Waals surface area contributed by atoms with Gasteiger partial charge in [0.15, 0.2) is 0 Å². The molecule has 9 nitrogen and oxygen atoms in total. The Hall–Kier alpha value is -3.17. The topological polar surface area (TPSA) is 95.8 Å². The summed E-state index contributed by atoms with van der Waals surface area (Å²) in [6.45, 7) is 10.5. The molecular formula is C27H38N6O3. The monoisotopic (exact) mass is 494 g/mol. The van der Waals surface area contributed by atoms with Crippen molar-refractivity contribution in [3.8, 4) is 5.75 Å². The summed E-state index contributed by atoms with van der Waals surface area (Å²) in [5.41, 5.74) is 4.51. The van der Waals surface area contributed by atoms with Crippen molar-refractivity contribution < 1.29 is 14.7 Å². The second-order valence-corrected chi connectivity index (χ2v) is 9.52. The van der Waals surface area contributed by atoms with Crippen LogP contribution < -0.4 is 15.1 Å². The maximum atomic E-state index is 11.5. The first-order valence-electron chi connectivity index (χ1n) is 13.0. The summed E-state index contributed by atoms with van der Waals surface area (Å²) in [6, 6.07) is 6.41. The van der Waals surface area contributed by atoms with Crippen molar-refractivity contribution in [2.75, 3.05) is 44.7 Å². The Kier molecular flexibility index (Phi) is 8.77. The minimum Gasteiger partial charge on any atom is -0.497 e. The highest BCUT2D eigenvalue weighted by molar-refractivity contribution is 5.92. The molecule has 0 atom stereocenters. The van der Waals surface area contributed by atoms with E-state index in [0.29, 0.717) is 11.9 Å². The lowest BCUT2D eigenvalue weighted by Crippen LogP contribution is -2.40. The molecule has 0 radical (unpaired) electrons. The Morgan fingerprint density at radius 2 is 1.97 bits per heavy atom. The van der Waals surface area contributed by atoms with Gasteiger partial charge in [0, 0.05) is 62.8 Å². The van der Waals surface area contributed by atoms with Crippen LogP contribution in [0.25, 0.3) is 10.9 Å². The van der Waals surface area contributed by atoms with Crippen LogP contribution in [0.1, 0.15) is 49.0 Å². The zero-order chi connectivity index (χ0) is 25.5. The molecule has 1 amide bonds. The van der Waals surface area contributed by atoms with Gasteiger partial charge in [0.25, 0.3) is 5.91 Å². The number of carbonyl (C=O) groups is 1. The first-order valence-corrected chi connectivity index (χ1v) is 13.0. The number of carbonyl (C=O) groups excluding carboxylic acids is 1. The summed E-state index contributed by atoms with van der Waals surface area (Å²) in [6.07, 6.45) is 9.55. The number of ether oxygens (including phenoxy) is 1. The summed E-state index contributed by atoms with van der Waals surface area (Å²) in [4.78, 5) is 24.8. The van der Waals surface area contributed by atoms with E-state index in [1.54, 1.807) is 12.6 Å². The van der Waals surface area contributed by atoms with E-state index in [1.165, 1.54) is 28.9 Å². The van der Waals surface area contributed by atoms with E-state index in [2.05, 4.69) is 62.6 Å². The lowest BCUT2D eigenvalue weighted by molar-refractivity contribution is 0.0705. The quantitative estimate of drug-likeness (QED) is 0.310. The summed E-state index contributed by atoms with van der Waals surface area (Å²) in [7, 11) is 1.72. The molecule has 0 bridgehead atoms. The Morgan fingerprint density at radius 3 is 2.61 bits per heavy atom. The highest BCUT2D eigenvalue weighted by atomic mass is 16.5.